The Morgan fingerprint density at radius 2 is 2.05 bits per heavy atom. The summed E-state index contributed by atoms with van der Waals surface area (Å²) in [5.41, 5.74) is 7.13. The minimum Gasteiger partial charge on any atom is -0.439 e. The average Bonchev–Trinajstić information content (AvgIpc) is 2.37. The van der Waals surface area contributed by atoms with Crippen molar-refractivity contribution in [2.45, 2.75) is 26.7 Å². The summed E-state index contributed by atoms with van der Waals surface area (Å²) < 4.78 is 5.71. The zero-order chi connectivity index (χ0) is 15.6. The molecule has 0 fully saturated rings. The Balaban J connectivity index is 2.37. The highest BCUT2D eigenvalue weighted by Crippen LogP contribution is 2.32. The predicted octanol–water partition coefficient (Wildman–Crippen LogP) is 3.19. The molecule has 110 valence electrons. The number of benzene rings is 1. The standard InChI is InChI=1S/C14H16N4O3/c1-8(2)12-13(15)16-7-17-14(12)21-10-4-5-11(18(19)20)9(3)6-10/h4-8H,1-3H3,(H2,15,16,17). The monoisotopic (exact) mass is 288 g/mol. The molecule has 2 aromatic rings. The number of aryl methyl sites for hydroxylation is 1. The maximum Gasteiger partial charge on any atom is 0.272 e. The fourth-order valence-electron chi connectivity index (χ4n) is 2.02. The first-order chi connectivity index (χ1) is 9.90. The minimum atomic E-state index is -0.429. The fourth-order valence-corrected chi connectivity index (χ4v) is 2.02. The van der Waals surface area contributed by atoms with Crippen molar-refractivity contribution in [2.75, 3.05) is 5.73 Å². The van der Waals surface area contributed by atoms with Crippen molar-refractivity contribution in [3.63, 3.8) is 0 Å². The minimum absolute atomic E-state index is 0.0497. The molecule has 0 atom stereocenters. The predicted molar refractivity (Wildman–Crippen MR) is 78.4 cm³/mol. The number of nitrogen functional groups attached to an aromatic ring is 1. The van der Waals surface area contributed by atoms with Crippen molar-refractivity contribution in [2.24, 2.45) is 0 Å². The van der Waals surface area contributed by atoms with Crippen molar-refractivity contribution in [1.82, 2.24) is 9.97 Å². The zero-order valence-corrected chi connectivity index (χ0v) is 12.0. The van der Waals surface area contributed by atoms with Crippen LogP contribution >= 0.6 is 0 Å². The van der Waals surface area contributed by atoms with Gasteiger partial charge in [0.2, 0.25) is 5.88 Å². The van der Waals surface area contributed by atoms with Crippen molar-refractivity contribution >= 4 is 11.5 Å². The molecule has 2 N–H and O–H groups in total. The Hall–Kier alpha value is -2.70. The van der Waals surface area contributed by atoms with E-state index in [2.05, 4.69) is 9.97 Å². The van der Waals surface area contributed by atoms with E-state index in [1.165, 1.54) is 18.5 Å². The van der Waals surface area contributed by atoms with Crippen LogP contribution in [0.3, 0.4) is 0 Å². The molecule has 1 aromatic carbocycles. The number of ether oxygens (including phenoxy) is 1. The van der Waals surface area contributed by atoms with Gasteiger partial charge in [-0.3, -0.25) is 10.1 Å². The maximum atomic E-state index is 10.8. The Labute approximate surface area is 121 Å². The smallest absolute Gasteiger partial charge is 0.272 e. The van der Waals surface area contributed by atoms with E-state index < -0.39 is 4.92 Å². The number of nitrogens with two attached hydrogens (primary N) is 1. The lowest BCUT2D eigenvalue weighted by molar-refractivity contribution is -0.385. The van der Waals surface area contributed by atoms with Gasteiger partial charge in [-0.2, -0.15) is 0 Å². The highest BCUT2D eigenvalue weighted by molar-refractivity contribution is 5.50. The lowest BCUT2D eigenvalue weighted by Gasteiger charge is -2.14. The zero-order valence-electron chi connectivity index (χ0n) is 12.0. The molecule has 0 spiro atoms. The van der Waals surface area contributed by atoms with Gasteiger partial charge >= 0.3 is 0 Å². The summed E-state index contributed by atoms with van der Waals surface area (Å²) in [7, 11) is 0. The third-order valence-electron chi connectivity index (χ3n) is 3.04. The molecular formula is C14H16N4O3. The van der Waals surface area contributed by atoms with Crippen molar-refractivity contribution in [1.29, 1.82) is 0 Å². The third-order valence-corrected chi connectivity index (χ3v) is 3.04. The maximum absolute atomic E-state index is 10.8. The number of hydrogen-bond acceptors (Lipinski definition) is 6. The van der Waals surface area contributed by atoms with Gasteiger partial charge in [-0.25, -0.2) is 9.97 Å². The van der Waals surface area contributed by atoms with E-state index in [1.807, 2.05) is 13.8 Å². The molecule has 7 nitrogen and oxygen atoms in total. The van der Waals surface area contributed by atoms with Crippen LogP contribution in [0.1, 0.15) is 30.9 Å². The Bertz CT molecular complexity index is 686. The molecule has 2 rings (SSSR count). The van der Waals surface area contributed by atoms with Crippen LogP contribution in [0.15, 0.2) is 24.5 Å². The molecule has 0 bridgehead atoms. The summed E-state index contributed by atoms with van der Waals surface area (Å²) in [5.74, 6) is 1.30. The molecule has 0 saturated carbocycles. The van der Waals surface area contributed by atoms with Crippen LogP contribution in [0.25, 0.3) is 0 Å². The lowest BCUT2D eigenvalue weighted by atomic mass is 10.1. The van der Waals surface area contributed by atoms with Crippen LogP contribution in [0.4, 0.5) is 11.5 Å². The average molecular weight is 288 g/mol. The van der Waals surface area contributed by atoms with Gasteiger partial charge in [0.1, 0.15) is 17.9 Å². The number of nitro groups is 1. The first kappa shape index (κ1) is 14.7. The van der Waals surface area contributed by atoms with Crippen LogP contribution in [0.5, 0.6) is 11.6 Å². The first-order valence-corrected chi connectivity index (χ1v) is 6.43. The van der Waals surface area contributed by atoms with E-state index in [0.29, 0.717) is 28.6 Å². The molecule has 0 aliphatic heterocycles. The molecule has 7 heteroatoms. The van der Waals surface area contributed by atoms with Gasteiger partial charge in [0.05, 0.1) is 10.5 Å². The fraction of sp³-hybridized carbons (Fsp3) is 0.286. The molecule has 1 heterocycles. The number of rotatable bonds is 4. The SMILES string of the molecule is Cc1cc(Oc2ncnc(N)c2C(C)C)ccc1[N+](=O)[O-]. The van der Waals surface area contributed by atoms with Gasteiger partial charge in [0, 0.05) is 11.6 Å². The van der Waals surface area contributed by atoms with Crippen LogP contribution in [-0.4, -0.2) is 14.9 Å². The Kier molecular flexibility index (Phi) is 4.02. The Morgan fingerprint density at radius 1 is 1.33 bits per heavy atom. The number of nitro benzene ring substituents is 1. The van der Waals surface area contributed by atoms with Gasteiger partial charge in [-0.15, -0.1) is 0 Å². The quantitative estimate of drug-likeness (QED) is 0.684. The van der Waals surface area contributed by atoms with Gasteiger partial charge in [-0.1, -0.05) is 13.8 Å². The van der Waals surface area contributed by atoms with Gasteiger partial charge < -0.3 is 10.5 Å². The van der Waals surface area contributed by atoms with E-state index in [1.54, 1.807) is 13.0 Å². The summed E-state index contributed by atoms with van der Waals surface area (Å²) in [5, 5.41) is 10.8. The summed E-state index contributed by atoms with van der Waals surface area (Å²) in [6.07, 6.45) is 1.33. The van der Waals surface area contributed by atoms with E-state index in [4.69, 9.17) is 10.5 Å². The summed E-state index contributed by atoms with van der Waals surface area (Å²) >= 11 is 0. The lowest BCUT2D eigenvalue weighted by Crippen LogP contribution is -2.04. The number of nitrogens with zero attached hydrogens (tertiary/aromatic N) is 3. The van der Waals surface area contributed by atoms with Gasteiger partial charge in [0.15, 0.2) is 0 Å². The molecule has 0 aliphatic carbocycles. The molecular weight excluding hydrogens is 272 g/mol. The molecule has 21 heavy (non-hydrogen) atoms. The topological polar surface area (TPSA) is 104 Å². The van der Waals surface area contributed by atoms with Gasteiger partial charge in [0.25, 0.3) is 5.69 Å². The van der Waals surface area contributed by atoms with Crippen molar-refractivity contribution in [3.8, 4) is 11.6 Å². The van der Waals surface area contributed by atoms with E-state index in [-0.39, 0.29) is 11.6 Å². The van der Waals surface area contributed by atoms with Crippen LogP contribution in [0.2, 0.25) is 0 Å². The second kappa shape index (κ2) is 5.74. The number of anilines is 1. The summed E-state index contributed by atoms with van der Waals surface area (Å²) in [4.78, 5) is 18.4. The second-order valence-corrected chi connectivity index (χ2v) is 4.94. The summed E-state index contributed by atoms with van der Waals surface area (Å²) in [6.45, 7) is 5.58. The molecule has 0 radical (unpaired) electrons. The van der Waals surface area contributed by atoms with E-state index >= 15 is 0 Å². The normalized spacial score (nSPS) is 10.7. The Morgan fingerprint density at radius 3 is 2.62 bits per heavy atom. The van der Waals surface area contributed by atoms with Gasteiger partial charge in [-0.05, 0) is 25.0 Å². The number of aromatic nitrogens is 2. The summed E-state index contributed by atoms with van der Waals surface area (Å²) in [6, 6.07) is 4.54. The number of hydrogen-bond donors (Lipinski definition) is 1. The molecule has 1 aromatic heterocycles. The van der Waals surface area contributed by atoms with Crippen LogP contribution in [-0.2, 0) is 0 Å². The van der Waals surface area contributed by atoms with Crippen LogP contribution in [0, 0.1) is 17.0 Å². The third kappa shape index (κ3) is 3.07. The highest BCUT2D eigenvalue weighted by Gasteiger charge is 2.16. The van der Waals surface area contributed by atoms with E-state index in [0.717, 1.165) is 0 Å². The second-order valence-electron chi connectivity index (χ2n) is 4.94. The van der Waals surface area contributed by atoms with Crippen LogP contribution < -0.4 is 10.5 Å². The van der Waals surface area contributed by atoms with E-state index in [9.17, 15) is 10.1 Å². The molecule has 0 amide bonds. The van der Waals surface area contributed by atoms with Crippen molar-refractivity contribution < 1.29 is 9.66 Å². The van der Waals surface area contributed by atoms with Crippen molar-refractivity contribution in [3.05, 3.63) is 45.8 Å². The molecule has 0 aliphatic rings. The highest BCUT2D eigenvalue weighted by atomic mass is 16.6. The molecule has 0 saturated heterocycles. The largest absolute Gasteiger partial charge is 0.439 e. The molecule has 0 unspecified atom stereocenters. The first-order valence-electron chi connectivity index (χ1n) is 6.43.